The largest absolute Gasteiger partial charge is 0.484 e. The summed E-state index contributed by atoms with van der Waals surface area (Å²) in [5, 5.41) is 12.6. The van der Waals surface area contributed by atoms with Crippen molar-refractivity contribution >= 4 is 35.8 Å². The first-order valence-electron chi connectivity index (χ1n) is 9.48. The van der Waals surface area contributed by atoms with Gasteiger partial charge in [-0.2, -0.15) is 16.9 Å². The molecule has 29 heavy (non-hydrogen) atoms. The molecule has 8 nitrogen and oxygen atoms in total. The number of carbonyl (C=O) groups excluding carboxylic acids is 2. The summed E-state index contributed by atoms with van der Waals surface area (Å²) in [5.41, 5.74) is 0. The molecule has 3 N–H and O–H groups in total. The Hall–Kier alpha value is -2.33. The van der Waals surface area contributed by atoms with Crippen LogP contribution in [0.1, 0.15) is 31.1 Å². The van der Waals surface area contributed by atoms with E-state index in [1.807, 2.05) is 29.0 Å². The Morgan fingerprint density at radius 2 is 2.14 bits per heavy atom. The van der Waals surface area contributed by atoms with Crippen molar-refractivity contribution in [1.29, 1.82) is 0 Å². The normalized spacial score (nSPS) is 14.2. The van der Waals surface area contributed by atoms with Crippen molar-refractivity contribution in [1.82, 2.24) is 25.4 Å². The molecule has 2 aromatic rings. The van der Waals surface area contributed by atoms with Gasteiger partial charge < -0.3 is 15.4 Å². The molecule has 0 spiro atoms. The molecule has 156 valence electrons. The van der Waals surface area contributed by atoms with Crippen molar-refractivity contribution in [3.8, 4) is 5.75 Å². The monoisotopic (exact) mass is 435 g/mol. The summed E-state index contributed by atoms with van der Waals surface area (Å²) in [5.74, 6) is 1.47. The molecule has 1 aliphatic carbocycles. The molecule has 1 atom stereocenters. The minimum atomic E-state index is -0.634. The highest BCUT2D eigenvalue weighted by molar-refractivity contribution is 7.98. The molecule has 0 radical (unpaired) electrons. The molecule has 1 saturated carbocycles. The van der Waals surface area contributed by atoms with Gasteiger partial charge in [0.1, 0.15) is 11.8 Å². The van der Waals surface area contributed by atoms with Crippen LogP contribution in [0.5, 0.6) is 5.75 Å². The smallest absolute Gasteiger partial charge is 0.258 e. The van der Waals surface area contributed by atoms with E-state index in [1.165, 1.54) is 0 Å². The van der Waals surface area contributed by atoms with E-state index in [-0.39, 0.29) is 25.0 Å². The summed E-state index contributed by atoms with van der Waals surface area (Å²) >= 11 is 6.88. The number of para-hydroxylation sites is 1. The number of nitrogens with one attached hydrogen (secondary N) is 3. The molecule has 0 saturated heterocycles. The Labute approximate surface area is 178 Å². The minimum Gasteiger partial charge on any atom is -0.484 e. The number of aromatic nitrogens is 3. The second-order valence-electron chi connectivity index (χ2n) is 6.77. The summed E-state index contributed by atoms with van der Waals surface area (Å²) in [6, 6.07) is 8.82. The maximum Gasteiger partial charge on any atom is 0.258 e. The van der Waals surface area contributed by atoms with Crippen LogP contribution in [0.25, 0.3) is 0 Å². The predicted octanol–water partition coefficient (Wildman–Crippen LogP) is 2.21. The van der Waals surface area contributed by atoms with Crippen molar-refractivity contribution in [2.45, 2.75) is 37.9 Å². The number of carbonyl (C=O) groups is 2. The summed E-state index contributed by atoms with van der Waals surface area (Å²) in [6.07, 6.45) is 4.63. The van der Waals surface area contributed by atoms with Crippen molar-refractivity contribution in [2.24, 2.45) is 0 Å². The van der Waals surface area contributed by atoms with E-state index in [0.29, 0.717) is 28.8 Å². The van der Waals surface area contributed by atoms with Crippen LogP contribution in [0.4, 0.5) is 0 Å². The van der Waals surface area contributed by atoms with Crippen molar-refractivity contribution < 1.29 is 14.3 Å². The molecule has 10 heteroatoms. The summed E-state index contributed by atoms with van der Waals surface area (Å²) in [4.78, 5) is 25.0. The number of H-pyrrole nitrogens is 1. The number of benzene rings is 1. The Morgan fingerprint density at radius 1 is 1.38 bits per heavy atom. The molecular formula is C19H25N5O3S2. The molecular weight excluding hydrogens is 410 g/mol. The average Bonchev–Trinajstić information content (AvgIpc) is 3.50. The van der Waals surface area contributed by atoms with Crippen LogP contribution in [0.3, 0.4) is 0 Å². The fourth-order valence-corrected chi connectivity index (χ4v) is 3.64. The van der Waals surface area contributed by atoms with Crippen molar-refractivity contribution in [2.75, 3.05) is 18.6 Å². The Bertz CT molecular complexity index is 879. The van der Waals surface area contributed by atoms with Crippen LogP contribution >= 0.6 is 24.0 Å². The van der Waals surface area contributed by atoms with Gasteiger partial charge in [-0.25, -0.2) is 0 Å². The van der Waals surface area contributed by atoms with Gasteiger partial charge in [-0.15, -0.1) is 0 Å². The first-order valence-corrected chi connectivity index (χ1v) is 11.3. The Kier molecular flexibility index (Phi) is 7.70. The number of nitrogens with zero attached hydrogens (tertiary/aromatic N) is 2. The summed E-state index contributed by atoms with van der Waals surface area (Å²) in [6.45, 7) is 0.113. The molecule has 1 unspecified atom stereocenters. The molecule has 1 heterocycles. The number of rotatable bonds is 11. The molecule has 1 aromatic carbocycles. The van der Waals surface area contributed by atoms with Gasteiger partial charge in [0.25, 0.3) is 5.91 Å². The van der Waals surface area contributed by atoms with E-state index in [4.69, 9.17) is 17.0 Å². The van der Waals surface area contributed by atoms with E-state index in [1.54, 1.807) is 23.9 Å². The van der Waals surface area contributed by atoms with Gasteiger partial charge in [-0.05, 0) is 55.6 Å². The van der Waals surface area contributed by atoms with Crippen LogP contribution in [-0.4, -0.2) is 51.2 Å². The number of aromatic amines is 1. The predicted molar refractivity (Wildman–Crippen MR) is 114 cm³/mol. The van der Waals surface area contributed by atoms with Gasteiger partial charge in [0, 0.05) is 6.04 Å². The summed E-state index contributed by atoms with van der Waals surface area (Å²) in [7, 11) is 0. The van der Waals surface area contributed by atoms with Crippen LogP contribution in [-0.2, 0) is 16.1 Å². The Balaban J connectivity index is 1.53. The molecule has 1 aliphatic rings. The van der Waals surface area contributed by atoms with Gasteiger partial charge in [0.15, 0.2) is 17.2 Å². The third-order valence-electron chi connectivity index (χ3n) is 4.49. The molecule has 0 aliphatic heterocycles. The van der Waals surface area contributed by atoms with E-state index >= 15 is 0 Å². The van der Waals surface area contributed by atoms with Gasteiger partial charge >= 0.3 is 0 Å². The first-order chi connectivity index (χ1) is 14.1. The van der Waals surface area contributed by atoms with Crippen LogP contribution in [0.15, 0.2) is 30.3 Å². The molecule has 3 rings (SSSR count). The zero-order chi connectivity index (χ0) is 20.6. The lowest BCUT2D eigenvalue weighted by molar-refractivity contribution is -0.130. The second-order valence-corrected chi connectivity index (χ2v) is 8.14. The topological polar surface area (TPSA) is 101 Å². The van der Waals surface area contributed by atoms with Gasteiger partial charge in [-0.3, -0.25) is 19.3 Å². The number of ether oxygens (including phenoxy) is 1. The fourth-order valence-electron chi connectivity index (χ4n) is 2.87. The number of hydrogen-bond donors (Lipinski definition) is 3. The third-order valence-corrected chi connectivity index (χ3v) is 5.42. The highest BCUT2D eigenvalue weighted by atomic mass is 32.2. The first kappa shape index (κ1) is 21.4. The minimum absolute atomic E-state index is 0.145. The fraction of sp³-hybridized carbons (Fsp3) is 0.474. The lowest BCUT2D eigenvalue weighted by atomic mass is 10.2. The van der Waals surface area contributed by atoms with Crippen LogP contribution < -0.4 is 15.4 Å². The van der Waals surface area contributed by atoms with Crippen LogP contribution in [0.2, 0.25) is 0 Å². The number of amides is 2. The van der Waals surface area contributed by atoms with Crippen molar-refractivity contribution in [3.63, 3.8) is 0 Å². The lowest BCUT2D eigenvalue weighted by Crippen LogP contribution is -2.48. The SMILES string of the molecule is CSCCC(NC(=O)COc1ccccc1)C(=O)NCc1n[nH]c(=S)n1C1CC1. The maximum absolute atomic E-state index is 12.7. The number of thioether (sulfide) groups is 1. The molecule has 1 aromatic heterocycles. The van der Waals surface area contributed by atoms with Crippen LogP contribution in [0, 0.1) is 4.77 Å². The highest BCUT2D eigenvalue weighted by Gasteiger charge is 2.28. The second kappa shape index (κ2) is 10.4. The van der Waals surface area contributed by atoms with E-state index in [9.17, 15) is 9.59 Å². The van der Waals surface area contributed by atoms with Gasteiger partial charge in [0.2, 0.25) is 5.91 Å². The zero-order valence-electron chi connectivity index (χ0n) is 16.2. The van der Waals surface area contributed by atoms with Crippen molar-refractivity contribution in [3.05, 3.63) is 40.9 Å². The highest BCUT2D eigenvalue weighted by Crippen LogP contribution is 2.35. The standard InChI is InChI=1S/C19H25N5O3S2/c1-29-10-9-15(21-17(25)12-27-14-5-3-2-4-6-14)18(26)20-11-16-22-23-19(28)24(16)13-7-8-13/h2-6,13,15H,7-12H2,1H3,(H,20,26)(H,21,25)(H,23,28). The van der Waals surface area contributed by atoms with E-state index < -0.39 is 6.04 Å². The van der Waals surface area contributed by atoms with E-state index in [0.717, 1.165) is 18.6 Å². The molecule has 1 fully saturated rings. The molecule has 2 amide bonds. The maximum atomic E-state index is 12.7. The van der Waals surface area contributed by atoms with E-state index in [2.05, 4.69) is 20.8 Å². The lowest BCUT2D eigenvalue weighted by Gasteiger charge is -2.18. The average molecular weight is 436 g/mol. The zero-order valence-corrected chi connectivity index (χ0v) is 17.9. The van der Waals surface area contributed by atoms with Gasteiger partial charge in [0.05, 0.1) is 6.54 Å². The number of hydrogen-bond acceptors (Lipinski definition) is 6. The quantitative estimate of drug-likeness (QED) is 0.468. The Morgan fingerprint density at radius 3 is 2.83 bits per heavy atom. The summed E-state index contributed by atoms with van der Waals surface area (Å²) < 4.78 is 7.98. The van der Waals surface area contributed by atoms with Gasteiger partial charge in [-0.1, -0.05) is 18.2 Å². The molecule has 0 bridgehead atoms. The third kappa shape index (κ3) is 6.33.